The summed E-state index contributed by atoms with van der Waals surface area (Å²) in [6.07, 6.45) is 1.13. The third kappa shape index (κ3) is 3.11. The quantitative estimate of drug-likeness (QED) is 0.719. The minimum atomic E-state index is -0.554. The molecule has 2 N–H and O–H groups in total. The van der Waals surface area contributed by atoms with Crippen molar-refractivity contribution in [2.45, 2.75) is 33.4 Å². The average Bonchev–Trinajstić information content (AvgIpc) is 3.29. The summed E-state index contributed by atoms with van der Waals surface area (Å²) >= 11 is 0. The normalized spacial score (nSPS) is 15.5. The molecule has 0 bridgehead atoms. The van der Waals surface area contributed by atoms with E-state index in [2.05, 4.69) is 20.9 Å². The van der Waals surface area contributed by atoms with E-state index in [1.54, 1.807) is 37.4 Å². The molecule has 1 aromatic carbocycles. The Morgan fingerprint density at radius 3 is 2.93 bits per heavy atom. The van der Waals surface area contributed by atoms with Gasteiger partial charge in [-0.3, -0.25) is 14.3 Å². The van der Waals surface area contributed by atoms with Crippen molar-refractivity contribution < 1.29 is 18.8 Å². The van der Waals surface area contributed by atoms with Crippen LogP contribution in [0.4, 0.5) is 11.4 Å². The molecule has 0 radical (unpaired) electrons. The van der Waals surface area contributed by atoms with Crippen molar-refractivity contribution in [3.63, 3.8) is 0 Å². The first-order valence-electron chi connectivity index (χ1n) is 8.88. The zero-order chi connectivity index (χ0) is 19.8. The van der Waals surface area contributed by atoms with Crippen LogP contribution in [-0.4, -0.2) is 32.9 Å². The van der Waals surface area contributed by atoms with Crippen molar-refractivity contribution in [1.29, 1.82) is 0 Å². The number of ether oxygens (including phenoxy) is 1. The van der Waals surface area contributed by atoms with E-state index in [1.807, 2.05) is 18.5 Å². The molecule has 9 nitrogen and oxygen atoms in total. The Kier molecular flexibility index (Phi) is 4.34. The molecule has 28 heavy (non-hydrogen) atoms. The summed E-state index contributed by atoms with van der Waals surface area (Å²) in [5.41, 5.74) is 2.87. The van der Waals surface area contributed by atoms with Crippen LogP contribution in [0.5, 0.6) is 5.75 Å². The Hall–Kier alpha value is -3.62. The molecule has 0 spiro atoms. The second-order valence-electron chi connectivity index (χ2n) is 6.45. The first-order valence-corrected chi connectivity index (χ1v) is 8.88. The number of benzene rings is 1. The second kappa shape index (κ2) is 6.84. The lowest BCUT2D eigenvalue weighted by Gasteiger charge is -2.23. The number of rotatable bonds is 4. The highest BCUT2D eigenvalue weighted by Gasteiger charge is 2.24. The molecule has 1 aliphatic heterocycles. The number of aryl methyl sites for hydroxylation is 1. The number of carbonyl (C=O) groups excluding carboxylic acids is 2. The molecule has 2 aromatic heterocycles. The van der Waals surface area contributed by atoms with E-state index in [0.717, 1.165) is 17.8 Å². The molecular formula is C19H19N5O4. The topological polar surface area (TPSA) is 111 Å². The van der Waals surface area contributed by atoms with E-state index in [9.17, 15) is 9.59 Å². The highest BCUT2D eigenvalue weighted by Crippen LogP contribution is 2.32. The molecule has 1 aliphatic rings. The van der Waals surface area contributed by atoms with Crippen molar-refractivity contribution in [3.8, 4) is 17.1 Å². The number of hydrogen-bond acceptors (Lipinski definition) is 6. The predicted molar refractivity (Wildman–Crippen MR) is 101 cm³/mol. The lowest BCUT2D eigenvalue weighted by molar-refractivity contribution is -0.122. The van der Waals surface area contributed by atoms with Crippen LogP contribution in [0.1, 0.15) is 30.0 Å². The predicted octanol–water partition coefficient (Wildman–Crippen LogP) is 2.84. The van der Waals surface area contributed by atoms with Crippen LogP contribution in [0.3, 0.4) is 0 Å². The minimum Gasteiger partial charge on any atom is -0.479 e. The molecule has 2 amide bonds. The van der Waals surface area contributed by atoms with Crippen LogP contribution in [0.25, 0.3) is 11.3 Å². The number of anilines is 2. The van der Waals surface area contributed by atoms with Crippen molar-refractivity contribution in [3.05, 3.63) is 41.9 Å². The molecule has 1 atom stereocenters. The van der Waals surface area contributed by atoms with Crippen LogP contribution in [0.2, 0.25) is 0 Å². The Labute approximate surface area is 160 Å². The zero-order valence-corrected chi connectivity index (χ0v) is 15.6. The standard InChI is InChI=1S/C19H19N5O4/c1-4-24-10(2)13(9-20-24)17-8-15(23-28-17)19(26)21-12-5-6-16-14(7-12)22-18(25)11(3)27-16/h5-9,11H,4H2,1-3H3,(H,21,26)(H,22,25)/t11-/m1/s1. The summed E-state index contributed by atoms with van der Waals surface area (Å²) in [7, 11) is 0. The van der Waals surface area contributed by atoms with Gasteiger partial charge in [-0.1, -0.05) is 5.16 Å². The summed E-state index contributed by atoms with van der Waals surface area (Å²) in [6, 6.07) is 6.59. The fourth-order valence-electron chi connectivity index (χ4n) is 3.00. The van der Waals surface area contributed by atoms with E-state index < -0.39 is 12.0 Å². The first kappa shape index (κ1) is 17.8. The number of carbonyl (C=O) groups is 2. The zero-order valence-electron chi connectivity index (χ0n) is 15.6. The molecule has 3 aromatic rings. The van der Waals surface area contributed by atoms with Crippen LogP contribution in [-0.2, 0) is 11.3 Å². The van der Waals surface area contributed by atoms with E-state index in [4.69, 9.17) is 9.26 Å². The van der Waals surface area contributed by atoms with Gasteiger partial charge in [-0.25, -0.2) is 0 Å². The smallest absolute Gasteiger partial charge is 0.277 e. The van der Waals surface area contributed by atoms with Crippen LogP contribution < -0.4 is 15.4 Å². The molecule has 0 aliphatic carbocycles. The minimum absolute atomic E-state index is 0.144. The number of amides is 2. The molecular weight excluding hydrogens is 362 g/mol. The third-order valence-electron chi connectivity index (χ3n) is 4.58. The third-order valence-corrected chi connectivity index (χ3v) is 4.58. The summed E-state index contributed by atoms with van der Waals surface area (Å²) in [5.74, 6) is 0.367. The van der Waals surface area contributed by atoms with Crippen LogP contribution in [0, 0.1) is 6.92 Å². The second-order valence-corrected chi connectivity index (χ2v) is 6.45. The molecule has 9 heteroatoms. The van der Waals surface area contributed by atoms with E-state index in [1.165, 1.54) is 0 Å². The van der Waals surface area contributed by atoms with Gasteiger partial charge in [0, 0.05) is 24.0 Å². The fourth-order valence-corrected chi connectivity index (χ4v) is 3.00. The number of nitrogens with zero attached hydrogens (tertiary/aromatic N) is 3. The van der Waals surface area contributed by atoms with Gasteiger partial charge in [0.05, 0.1) is 17.4 Å². The number of fused-ring (bicyclic) bond motifs is 1. The number of nitrogens with one attached hydrogen (secondary N) is 2. The molecule has 3 heterocycles. The highest BCUT2D eigenvalue weighted by molar-refractivity contribution is 6.04. The summed E-state index contributed by atoms with van der Waals surface area (Å²) < 4.78 is 12.7. The van der Waals surface area contributed by atoms with Crippen molar-refractivity contribution in [2.75, 3.05) is 10.6 Å². The van der Waals surface area contributed by atoms with E-state index in [0.29, 0.717) is 22.9 Å². The molecule has 0 fully saturated rings. The Bertz CT molecular complexity index is 1070. The summed E-state index contributed by atoms with van der Waals surface area (Å²) in [4.78, 5) is 24.3. The number of aromatic nitrogens is 3. The van der Waals surface area contributed by atoms with Crippen molar-refractivity contribution >= 4 is 23.2 Å². The number of hydrogen-bond donors (Lipinski definition) is 2. The van der Waals surface area contributed by atoms with E-state index in [-0.39, 0.29) is 11.6 Å². The van der Waals surface area contributed by atoms with Gasteiger partial charge in [-0.15, -0.1) is 0 Å². The van der Waals surface area contributed by atoms with Gasteiger partial charge in [-0.2, -0.15) is 5.10 Å². The van der Waals surface area contributed by atoms with Gasteiger partial charge in [0.15, 0.2) is 17.6 Å². The van der Waals surface area contributed by atoms with Crippen molar-refractivity contribution in [2.24, 2.45) is 0 Å². The maximum absolute atomic E-state index is 12.5. The molecule has 0 saturated carbocycles. The maximum Gasteiger partial charge on any atom is 0.277 e. The SMILES string of the molecule is CCn1ncc(-c2cc(C(=O)Nc3ccc4c(c3)NC(=O)[C@@H](C)O4)no2)c1C. The largest absolute Gasteiger partial charge is 0.479 e. The first-order chi connectivity index (χ1) is 13.5. The van der Waals surface area contributed by atoms with Crippen molar-refractivity contribution in [1.82, 2.24) is 14.9 Å². The fraction of sp³-hybridized carbons (Fsp3) is 0.263. The van der Waals surface area contributed by atoms with E-state index >= 15 is 0 Å². The lowest BCUT2D eigenvalue weighted by Crippen LogP contribution is -2.34. The monoisotopic (exact) mass is 381 g/mol. The molecule has 4 rings (SSSR count). The highest BCUT2D eigenvalue weighted by atomic mass is 16.5. The molecule has 144 valence electrons. The Morgan fingerprint density at radius 2 is 2.18 bits per heavy atom. The average molecular weight is 381 g/mol. The Balaban J connectivity index is 1.52. The maximum atomic E-state index is 12.5. The van der Waals surface area contributed by atoms with Gasteiger partial charge >= 0.3 is 0 Å². The molecule has 0 saturated heterocycles. The van der Waals surface area contributed by atoms with Crippen LogP contribution in [0.15, 0.2) is 35.0 Å². The Morgan fingerprint density at radius 1 is 1.36 bits per heavy atom. The van der Waals surface area contributed by atoms with Gasteiger partial charge in [0.25, 0.3) is 11.8 Å². The lowest BCUT2D eigenvalue weighted by atomic mass is 10.2. The van der Waals surface area contributed by atoms with Gasteiger partial charge in [0.1, 0.15) is 5.75 Å². The van der Waals surface area contributed by atoms with Crippen LogP contribution >= 0.6 is 0 Å². The summed E-state index contributed by atoms with van der Waals surface area (Å²) in [5, 5.41) is 13.6. The summed E-state index contributed by atoms with van der Waals surface area (Å²) in [6.45, 7) is 6.33. The molecule has 0 unspecified atom stereocenters. The van der Waals surface area contributed by atoms with Gasteiger partial charge in [-0.05, 0) is 39.0 Å². The van der Waals surface area contributed by atoms with Gasteiger partial charge < -0.3 is 19.9 Å². The van der Waals surface area contributed by atoms with Gasteiger partial charge in [0.2, 0.25) is 0 Å².